The first-order chi connectivity index (χ1) is 9.97. The van der Waals surface area contributed by atoms with Crippen LogP contribution in [0.25, 0.3) is 5.76 Å². The van der Waals surface area contributed by atoms with Crippen LogP contribution in [-0.4, -0.2) is 16.3 Å². The predicted molar refractivity (Wildman–Crippen MR) is 67.9 cm³/mol. The minimum absolute atomic E-state index is 0. The molecule has 0 saturated heterocycles. The van der Waals surface area contributed by atoms with Gasteiger partial charge in [-0.2, -0.15) is 0 Å². The second kappa shape index (κ2) is 7.66. The van der Waals surface area contributed by atoms with Crippen LogP contribution < -0.4 is 10.2 Å². The zero-order chi connectivity index (χ0) is 15.4. The molecule has 7 heteroatoms. The van der Waals surface area contributed by atoms with Crippen molar-refractivity contribution < 1.29 is 43.7 Å². The second-order valence-corrected chi connectivity index (χ2v) is 4.31. The van der Waals surface area contributed by atoms with E-state index in [1.54, 1.807) is 24.4 Å². The Kier molecular flexibility index (Phi) is 6.19. The molecule has 0 spiro atoms. The number of carbonyl (C=O) groups excluding carboxylic acids is 2. The Morgan fingerprint density at radius 2 is 1.77 bits per heavy atom. The molecule has 22 heavy (non-hydrogen) atoms. The van der Waals surface area contributed by atoms with Gasteiger partial charge < -0.3 is 19.6 Å². The van der Waals surface area contributed by atoms with E-state index in [1.165, 1.54) is 22.8 Å². The van der Waals surface area contributed by atoms with Crippen molar-refractivity contribution in [2.24, 2.45) is 0 Å². The van der Waals surface area contributed by atoms with Crippen molar-refractivity contribution >= 4 is 17.5 Å². The fraction of sp³-hybridized carbons (Fsp3) is 0.0667. The molecule has 1 heterocycles. The number of aromatic nitrogens is 1. The fourth-order valence-electron chi connectivity index (χ4n) is 1.81. The number of aliphatic carboxylic acids is 1. The third-order valence-electron chi connectivity index (χ3n) is 2.81. The predicted octanol–water partition coefficient (Wildman–Crippen LogP) is -0.307. The van der Waals surface area contributed by atoms with Crippen molar-refractivity contribution in [3.05, 3.63) is 65.7 Å². The van der Waals surface area contributed by atoms with Crippen molar-refractivity contribution in [2.45, 2.75) is 6.54 Å². The maximum absolute atomic E-state index is 12.8. The monoisotopic (exact) mass is 351 g/mol. The number of nitrogens with zero attached hydrogens (tertiary/aromatic N) is 1. The number of benzene rings is 1. The summed E-state index contributed by atoms with van der Waals surface area (Å²) in [5.74, 6) is -4.40. The summed E-state index contributed by atoms with van der Waals surface area (Å²) in [6, 6.07) is 8.79. The van der Waals surface area contributed by atoms with Crippen LogP contribution in [0.5, 0.6) is 0 Å². The van der Waals surface area contributed by atoms with Crippen molar-refractivity contribution in [1.29, 1.82) is 0 Å². The summed E-state index contributed by atoms with van der Waals surface area (Å²) in [6.45, 7) is 0.293. The Morgan fingerprint density at radius 1 is 1.14 bits per heavy atom. The topological polar surface area (TPSA) is 85.2 Å². The van der Waals surface area contributed by atoms with E-state index in [-0.39, 0.29) is 31.0 Å². The maximum Gasteiger partial charge on any atom is 2.00 e. The molecule has 108 valence electrons. The quantitative estimate of drug-likeness (QED) is 0.320. The molecule has 0 aliphatic heterocycles. The molecule has 0 fully saturated rings. The maximum atomic E-state index is 12.8. The van der Waals surface area contributed by atoms with Crippen LogP contribution in [0.2, 0.25) is 0 Å². The number of hydrogen-bond donors (Lipinski definition) is 0. The van der Waals surface area contributed by atoms with E-state index in [0.29, 0.717) is 12.6 Å². The number of ketones is 1. The van der Waals surface area contributed by atoms with E-state index in [4.69, 9.17) is 0 Å². The number of rotatable bonds is 5. The molecular formula is C15H10FNO4Zn. The Bertz CT molecular complexity index is 707. The minimum atomic E-state index is -1.93. The number of halogens is 1. The van der Waals surface area contributed by atoms with Gasteiger partial charge in [0.2, 0.25) is 5.78 Å². The molecule has 0 aliphatic rings. The average molecular weight is 353 g/mol. The third kappa shape index (κ3) is 4.36. The molecule has 1 aromatic heterocycles. The van der Waals surface area contributed by atoms with Crippen molar-refractivity contribution in [3.8, 4) is 0 Å². The number of carboxylic acid groups (broad SMARTS) is 1. The normalized spacial score (nSPS) is 10.9. The summed E-state index contributed by atoms with van der Waals surface area (Å²) < 4.78 is 14.4. The summed E-state index contributed by atoms with van der Waals surface area (Å²) in [6.07, 6.45) is 2.08. The molecule has 2 rings (SSSR count). The van der Waals surface area contributed by atoms with Crippen LogP contribution in [0.3, 0.4) is 0 Å². The van der Waals surface area contributed by atoms with Crippen molar-refractivity contribution in [2.75, 3.05) is 0 Å². The van der Waals surface area contributed by atoms with Crippen LogP contribution >= 0.6 is 0 Å². The van der Waals surface area contributed by atoms with Gasteiger partial charge >= 0.3 is 19.5 Å². The van der Waals surface area contributed by atoms with Gasteiger partial charge in [-0.25, -0.2) is 4.39 Å². The van der Waals surface area contributed by atoms with Crippen LogP contribution in [0, 0.1) is 5.82 Å². The summed E-state index contributed by atoms with van der Waals surface area (Å²) in [7, 11) is 0. The van der Waals surface area contributed by atoms with Gasteiger partial charge in [0.1, 0.15) is 11.8 Å². The zero-order valence-electron chi connectivity index (χ0n) is 11.5. The first-order valence-corrected chi connectivity index (χ1v) is 6.01. The number of carboxylic acids is 1. The molecule has 0 amide bonds. The van der Waals surface area contributed by atoms with E-state index >= 15 is 0 Å². The first-order valence-electron chi connectivity index (χ1n) is 6.01. The molecule has 1 aromatic carbocycles. The van der Waals surface area contributed by atoms with Gasteiger partial charge in [-0.3, -0.25) is 4.79 Å². The Morgan fingerprint density at radius 3 is 2.36 bits per heavy atom. The average Bonchev–Trinajstić information content (AvgIpc) is 2.89. The standard InChI is InChI=1S/C15H12FNO4.Zn/c16-11-5-3-10(4-6-11)9-17-7-1-2-12(17)13(18)8-14(19)15(20)21;/h1-8,18H,9H2,(H,20,21);/q;+2/p-2/b13-8-;. The molecule has 0 N–H and O–H groups in total. The van der Waals surface area contributed by atoms with Crippen LogP contribution in [-0.2, 0) is 35.6 Å². The van der Waals surface area contributed by atoms with E-state index in [0.717, 1.165) is 5.56 Å². The molecule has 0 unspecified atom stereocenters. The summed E-state index contributed by atoms with van der Waals surface area (Å²) in [5.41, 5.74) is 0.918. The van der Waals surface area contributed by atoms with Gasteiger partial charge in [0.25, 0.3) is 0 Å². The van der Waals surface area contributed by atoms with Gasteiger partial charge in [0.15, 0.2) is 0 Å². The van der Waals surface area contributed by atoms with Gasteiger partial charge in [0.05, 0.1) is 0 Å². The summed E-state index contributed by atoms with van der Waals surface area (Å²) in [4.78, 5) is 21.3. The molecule has 5 nitrogen and oxygen atoms in total. The zero-order valence-corrected chi connectivity index (χ0v) is 14.5. The Labute approximate surface area is 138 Å². The van der Waals surface area contributed by atoms with Crippen molar-refractivity contribution in [1.82, 2.24) is 4.57 Å². The molecule has 0 aliphatic carbocycles. The van der Waals surface area contributed by atoms with Crippen LogP contribution in [0.1, 0.15) is 11.3 Å². The van der Waals surface area contributed by atoms with Gasteiger partial charge in [-0.15, -0.1) is 0 Å². The molecule has 0 radical (unpaired) electrons. The van der Waals surface area contributed by atoms with Crippen LogP contribution in [0.4, 0.5) is 4.39 Å². The summed E-state index contributed by atoms with van der Waals surface area (Å²) >= 11 is 0. The molecular weight excluding hydrogens is 343 g/mol. The summed E-state index contributed by atoms with van der Waals surface area (Å²) in [5, 5.41) is 22.2. The smallest absolute Gasteiger partial charge is 0.871 e. The molecule has 0 saturated carbocycles. The van der Waals surface area contributed by atoms with E-state index in [2.05, 4.69) is 0 Å². The molecule has 2 aromatic rings. The molecule has 0 bridgehead atoms. The van der Waals surface area contributed by atoms with Gasteiger partial charge in [0, 0.05) is 18.4 Å². The molecule has 0 atom stereocenters. The second-order valence-electron chi connectivity index (χ2n) is 4.31. The van der Waals surface area contributed by atoms with Crippen molar-refractivity contribution in [3.63, 3.8) is 0 Å². The first kappa shape index (κ1) is 17.8. The fourth-order valence-corrected chi connectivity index (χ4v) is 1.81. The van der Waals surface area contributed by atoms with E-state index < -0.39 is 17.5 Å². The van der Waals surface area contributed by atoms with E-state index in [9.17, 15) is 24.2 Å². The van der Waals surface area contributed by atoms with Gasteiger partial charge in [-0.05, 0) is 35.9 Å². The largest absolute Gasteiger partial charge is 2.00 e. The SMILES string of the molecule is O=C([O-])C(=O)/C=C(\[O-])c1cccn1Cc1ccc(F)cc1.[Zn+2]. The van der Waals surface area contributed by atoms with Crippen LogP contribution in [0.15, 0.2) is 48.7 Å². The minimum Gasteiger partial charge on any atom is -0.871 e. The third-order valence-corrected chi connectivity index (χ3v) is 2.81. The Balaban J connectivity index is 0.00000242. The van der Waals surface area contributed by atoms with Gasteiger partial charge in [-0.1, -0.05) is 17.9 Å². The number of hydrogen-bond acceptors (Lipinski definition) is 4. The Hall–Kier alpha value is -2.27. The van der Waals surface area contributed by atoms with E-state index in [1.807, 2.05) is 0 Å². The number of carbonyl (C=O) groups is 2.